The van der Waals surface area contributed by atoms with E-state index in [-0.39, 0.29) is 5.57 Å². The molecule has 140 valence electrons. The van der Waals surface area contributed by atoms with Crippen LogP contribution in [-0.4, -0.2) is 17.4 Å². The number of hydrogen-bond acceptors (Lipinski definition) is 3. The van der Waals surface area contributed by atoms with E-state index in [1.807, 2.05) is 78.9 Å². The maximum Gasteiger partial charge on any atom is 0.259 e. The minimum absolute atomic E-state index is 0.0306. The summed E-state index contributed by atoms with van der Waals surface area (Å²) in [6.07, 6.45) is 5.86. The second-order valence-electron chi connectivity index (χ2n) is 6.60. The highest BCUT2D eigenvalue weighted by Crippen LogP contribution is 2.36. The molecule has 0 aliphatic carbocycles. The molecule has 0 saturated carbocycles. The molecular weight excluding hydrogens is 346 g/mol. The average Bonchev–Trinajstić information content (AvgIpc) is 2.73. The van der Waals surface area contributed by atoms with Gasteiger partial charge in [0.2, 0.25) is 0 Å². The van der Waals surface area contributed by atoms with Crippen LogP contribution in [0.1, 0.15) is 30.9 Å². The zero-order chi connectivity index (χ0) is 19.9. The van der Waals surface area contributed by atoms with Crippen molar-refractivity contribution in [2.75, 3.05) is 6.54 Å². The van der Waals surface area contributed by atoms with Crippen LogP contribution in [0, 0.1) is 11.3 Å². The fourth-order valence-electron chi connectivity index (χ4n) is 3.28. The van der Waals surface area contributed by atoms with E-state index in [2.05, 4.69) is 11.8 Å². The lowest BCUT2D eigenvalue weighted by Gasteiger charge is -2.34. The molecule has 0 spiro atoms. The maximum atomic E-state index is 11.8. The van der Waals surface area contributed by atoms with Crippen molar-refractivity contribution >= 4 is 17.3 Å². The molecule has 1 heterocycles. The van der Waals surface area contributed by atoms with E-state index in [0.717, 1.165) is 41.9 Å². The van der Waals surface area contributed by atoms with Crippen molar-refractivity contribution in [1.29, 1.82) is 5.26 Å². The summed E-state index contributed by atoms with van der Waals surface area (Å²) in [7, 11) is 0. The average molecular weight is 369 g/mol. The number of primary amides is 1. The number of rotatable bonds is 6. The van der Waals surface area contributed by atoms with Gasteiger partial charge in [0, 0.05) is 23.5 Å². The number of hydrogen-bond donors (Lipinski definition) is 1. The second kappa shape index (κ2) is 8.88. The highest BCUT2D eigenvalue weighted by Gasteiger charge is 2.24. The van der Waals surface area contributed by atoms with Gasteiger partial charge in [0.15, 0.2) is 0 Å². The van der Waals surface area contributed by atoms with Crippen molar-refractivity contribution in [2.45, 2.75) is 19.8 Å². The lowest BCUT2D eigenvalue weighted by atomic mass is 9.95. The number of amides is 1. The van der Waals surface area contributed by atoms with Gasteiger partial charge in [-0.2, -0.15) is 5.26 Å². The van der Waals surface area contributed by atoms with Crippen LogP contribution in [0.3, 0.4) is 0 Å². The molecule has 0 atom stereocenters. The summed E-state index contributed by atoms with van der Waals surface area (Å²) < 4.78 is 0. The molecule has 2 aromatic rings. The fraction of sp³-hybridized carbons (Fsp3) is 0.167. The van der Waals surface area contributed by atoms with Crippen molar-refractivity contribution in [3.63, 3.8) is 0 Å². The number of allylic oxidation sites excluding steroid dienone is 3. The molecule has 0 unspecified atom stereocenters. The molecule has 28 heavy (non-hydrogen) atoms. The number of carbonyl (C=O) groups is 1. The van der Waals surface area contributed by atoms with E-state index in [9.17, 15) is 10.1 Å². The largest absolute Gasteiger partial charge is 0.365 e. The number of carbonyl (C=O) groups excluding carboxylic acids is 1. The van der Waals surface area contributed by atoms with Crippen LogP contribution < -0.4 is 5.73 Å². The van der Waals surface area contributed by atoms with Crippen LogP contribution in [0.4, 0.5) is 0 Å². The number of nitrogens with two attached hydrogens (primary N) is 1. The number of unbranched alkanes of at least 4 members (excludes halogenated alkanes) is 1. The van der Waals surface area contributed by atoms with Crippen molar-refractivity contribution in [3.8, 4) is 6.07 Å². The monoisotopic (exact) mass is 369 g/mol. The van der Waals surface area contributed by atoms with Crippen LogP contribution in [0.5, 0.6) is 0 Å². The molecule has 1 aliphatic rings. The van der Waals surface area contributed by atoms with Gasteiger partial charge >= 0.3 is 0 Å². The van der Waals surface area contributed by atoms with Gasteiger partial charge in [0.25, 0.3) is 5.91 Å². The summed E-state index contributed by atoms with van der Waals surface area (Å²) in [4.78, 5) is 14.1. The Morgan fingerprint density at radius 2 is 1.46 bits per heavy atom. The Kier molecular flexibility index (Phi) is 6.08. The van der Waals surface area contributed by atoms with Crippen LogP contribution in [0.25, 0.3) is 11.4 Å². The summed E-state index contributed by atoms with van der Waals surface area (Å²) in [6, 6.07) is 22.0. The number of nitriles is 1. The molecule has 0 aromatic heterocycles. The first kappa shape index (κ1) is 19.2. The quantitative estimate of drug-likeness (QED) is 0.602. The molecular formula is C24H23N3O. The molecule has 3 rings (SSSR count). The van der Waals surface area contributed by atoms with E-state index in [0.29, 0.717) is 5.57 Å². The molecule has 0 radical (unpaired) electrons. The predicted molar refractivity (Wildman–Crippen MR) is 112 cm³/mol. The topological polar surface area (TPSA) is 70.1 Å². The minimum Gasteiger partial charge on any atom is -0.365 e. The van der Waals surface area contributed by atoms with Crippen molar-refractivity contribution < 1.29 is 4.79 Å². The molecule has 4 heteroatoms. The summed E-state index contributed by atoms with van der Waals surface area (Å²) >= 11 is 0. The van der Waals surface area contributed by atoms with Crippen molar-refractivity contribution in [3.05, 3.63) is 95.1 Å². The van der Waals surface area contributed by atoms with E-state index in [4.69, 9.17) is 5.73 Å². The third kappa shape index (κ3) is 4.05. The molecule has 0 bridgehead atoms. The van der Waals surface area contributed by atoms with E-state index in [1.165, 1.54) is 0 Å². The molecule has 0 saturated heterocycles. The Labute approximate surface area is 165 Å². The Bertz CT molecular complexity index is 920. The highest BCUT2D eigenvalue weighted by atomic mass is 16.1. The Balaban J connectivity index is 2.24. The van der Waals surface area contributed by atoms with Gasteiger partial charge in [-0.15, -0.1) is 0 Å². The highest BCUT2D eigenvalue weighted by molar-refractivity contribution is 5.99. The van der Waals surface area contributed by atoms with Gasteiger partial charge < -0.3 is 10.6 Å². The predicted octanol–water partition coefficient (Wildman–Crippen LogP) is 4.49. The van der Waals surface area contributed by atoms with Gasteiger partial charge in [-0.25, -0.2) is 0 Å². The van der Waals surface area contributed by atoms with Crippen LogP contribution in [0.15, 0.2) is 84.0 Å². The SMILES string of the molecule is CCCCN1C(c2ccccc2)=CC(=C(C#N)C(N)=O)C=C1c1ccccc1. The second-order valence-corrected chi connectivity index (χ2v) is 6.60. The van der Waals surface area contributed by atoms with Gasteiger partial charge in [0.05, 0.1) is 0 Å². The zero-order valence-electron chi connectivity index (χ0n) is 15.9. The first-order chi connectivity index (χ1) is 13.7. The molecule has 1 amide bonds. The van der Waals surface area contributed by atoms with Gasteiger partial charge in [-0.05, 0) is 29.7 Å². The normalized spacial score (nSPS) is 13.4. The van der Waals surface area contributed by atoms with Gasteiger partial charge in [-0.3, -0.25) is 4.79 Å². The van der Waals surface area contributed by atoms with Crippen LogP contribution >= 0.6 is 0 Å². The minimum atomic E-state index is -0.716. The molecule has 1 aliphatic heterocycles. The maximum absolute atomic E-state index is 11.8. The van der Waals surface area contributed by atoms with E-state index < -0.39 is 5.91 Å². The van der Waals surface area contributed by atoms with Gasteiger partial charge in [0.1, 0.15) is 11.6 Å². The Hall–Kier alpha value is -3.58. The van der Waals surface area contributed by atoms with E-state index in [1.54, 1.807) is 0 Å². The number of benzene rings is 2. The zero-order valence-corrected chi connectivity index (χ0v) is 15.9. The van der Waals surface area contributed by atoms with Gasteiger partial charge in [-0.1, -0.05) is 74.0 Å². The molecule has 2 N–H and O–H groups in total. The third-order valence-electron chi connectivity index (χ3n) is 4.69. The summed E-state index contributed by atoms with van der Waals surface area (Å²) in [6.45, 7) is 3.00. The lowest BCUT2D eigenvalue weighted by molar-refractivity contribution is -0.114. The van der Waals surface area contributed by atoms with E-state index >= 15 is 0 Å². The first-order valence-electron chi connectivity index (χ1n) is 9.41. The summed E-state index contributed by atoms with van der Waals surface area (Å²) in [5.41, 5.74) is 9.95. The summed E-state index contributed by atoms with van der Waals surface area (Å²) in [5.74, 6) is -0.716. The Morgan fingerprint density at radius 3 is 1.86 bits per heavy atom. The third-order valence-corrected chi connectivity index (χ3v) is 4.69. The first-order valence-corrected chi connectivity index (χ1v) is 9.41. The number of nitrogens with zero attached hydrogens (tertiary/aromatic N) is 2. The molecule has 0 fully saturated rings. The fourth-order valence-corrected chi connectivity index (χ4v) is 3.28. The lowest BCUT2D eigenvalue weighted by Crippen LogP contribution is -2.25. The van der Waals surface area contributed by atoms with Crippen LogP contribution in [0.2, 0.25) is 0 Å². The molecule has 2 aromatic carbocycles. The summed E-state index contributed by atoms with van der Waals surface area (Å²) in [5, 5.41) is 9.49. The smallest absolute Gasteiger partial charge is 0.259 e. The molecule has 4 nitrogen and oxygen atoms in total. The van der Waals surface area contributed by atoms with Crippen LogP contribution in [-0.2, 0) is 4.79 Å². The standard InChI is InChI=1S/C24H23N3O/c1-2-3-14-27-22(18-10-6-4-7-11-18)15-20(21(17-25)24(26)28)16-23(27)19-12-8-5-9-13-19/h4-13,15-16H,2-3,14H2,1H3,(H2,26,28). The Morgan fingerprint density at radius 1 is 0.964 bits per heavy atom. The van der Waals surface area contributed by atoms with Crippen molar-refractivity contribution in [1.82, 2.24) is 4.90 Å². The van der Waals surface area contributed by atoms with Crippen molar-refractivity contribution in [2.24, 2.45) is 5.73 Å².